The summed E-state index contributed by atoms with van der Waals surface area (Å²) in [4.78, 5) is 22.8. The van der Waals surface area contributed by atoms with Gasteiger partial charge in [-0.3, -0.25) is 9.78 Å². The third-order valence-corrected chi connectivity index (χ3v) is 4.67. The molecule has 0 radical (unpaired) electrons. The molecule has 1 amide bonds. The minimum Gasteiger partial charge on any atom is -0.468 e. The fraction of sp³-hybridized carbons (Fsp3) is 0.421. The molecule has 1 aliphatic heterocycles. The lowest BCUT2D eigenvalue weighted by Crippen LogP contribution is -2.27. The van der Waals surface area contributed by atoms with Gasteiger partial charge in [0.15, 0.2) is 6.61 Å². The zero-order valence-corrected chi connectivity index (χ0v) is 15.3. The van der Waals surface area contributed by atoms with E-state index in [1.54, 1.807) is 30.2 Å². The normalized spacial score (nSPS) is 15.0. The van der Waals surface area contributed by atoms with Crippen molar-refractivity contribution in [3.8, 4) is 5.88 Å². The number of hydrogen-bond acceptors (Lipinski definition) is 4. The number of amides is 1. The van der Waals surface area contributed by atoms with E-state index >= 15 is 0 Å². The zero-order valence-electron chi connectivity index (χ0n) is 15.3. The van der Waals surface area contributed by atoms with Crippen LogP contribution in [0, 0.1) is 6.92 Å². The zero-order chi connectivity index (χ0) is 19.8. The number of pyridine rings is 2. The predicted molar refractivity (Wildman–Crippen MR) is 92.4 cm³/mol. The van der Waals surface area contributed by atoms with Crippen molar-refractivity contribution in [1.29, 1.82) is 0 Å². The van der Waals surface area contributed by atoms with Gasteiger partial charge in [-0.2, -0.15) is 13.2 Å². The Morgan fingerprint density at radius 2 is 2.07 bits per heavy atom. The van der Waals surface area contributed by atoms with Crippen molar-refractivity contribution < 1.29 is 22.7 Å². The molecule has 27 heavy (non-hydrogen) atoms. The first-order valence-corrected chi connectivity index (χ1v) is 8.65. The maximum absolute atomic E-state index is 12.8. The van der Waals surface area contributed by atoms with Crippen LogP contribution < -0.4 is 4.74 Å². The summed E-state index contributed by atoms with van der Waals surface area (Å²) in [7, 11) is 0. The Labute approximate surface area is 155 Å². The second-order valence-corrected chi connectivity index (χ2v) is 6.54. The van der Waals surface area contributed by atoms with Gasteiger partial charge in [-0.05, 0) is 38.0 Å². The largest absolute Gasteiger partial charge is 0.468 e. The Morgan fingerprint density at radius 3 is 2.70 bits per heavy atom. The van der Waals surface area contributed by atoms with Gasteiger partial charge < -0.3 is 9.64 Å². The van der Waals surface area contributed by atoms with E-state index in [9.17, 15) is 18.0 Å². The maximum Gasteiger partial charge on any atom is 0.422 e. The lowest BCUT2D eigenvalue weighted by Gasteiger charge is -2.25. The first kappa shape index (κ1) is 19.1. The van der Waals surface area contributed by atoms with Crippen LogP contribution in [0.4, 0.5) is 13.2 Å². The smallest absolute Gasteiger partial charge is 0.422 e. The number of carbonyl (C=O) groups excluding carboxylic acids is 1. The van der Waals surface area contributed by atoms with Crippen molar-refractivity contribution in [2.75, 3.05) is 6.61 Å². The van der Waals surface area contributed by atoms with Gasteiger partial charge in [0, 0.05) is 41.3 Å². The molecule has 144 valence electrons. The molecule has 0 spiro atoms. The lowest BCUT2D eigenvalue weighted by molar-refractivity contribution is -0.154. The second-order valence-electron chi connectivity index (χ2n) is 6.54. The molecule has 0 aromatic carbocycles. The summed E-state index contributed by atoms with van der Waals surface area (Å²) in [5, 5.41) is 0. The monoisotopic (exact) mass is 379 g/mol. The Balaban J connectivity index is 1.80. The van der Waals surface area contributed by atoms with Crippen molar-refractivity contribution >= 4 is 5.91 Å². The van der Waals surface area contributed by atoms with Crippen LogP contribution >= 0.6 is 0 Å². The Hall–Kier alpha value is -2.64. The SMILES string of the molecule is CCc1nccc2c1CN(C(C)c1cnc(OCC(F)(F)F)c(C)c1)C2=O. The van der Waals surface area contributed by atoms with Crippen LogP contribution in [-0.4, -0.2) is 33.6 Å². The number of fused-ring (bicyclic) bond motifs is 1. The first-order valence-electron chi connectivity index (χ1n) is 8.65. The molecular weight excluding hydrogens is 359 g/mol. The fourth-order valence-electron chi connectivity index (χ4n) is 3.22. The van der Waals surface area contributed by atoms with E-state index in [2.05, 4.69) is 9.97 Å². The molecule has 2 aromatic heterocycles. The van der Waals surface area contributed by atoms with E-state index in [4.69, 9.17) is 4.74 Å². The van der Waals surface area contributed by atoms with E-state index in [1.165, 1.54) is 6.20 Å². The van der Waals surface area contributed by atoms with Gasteiger partial charge in [-0.15, -0.1) is 0 Å². The number of rotatable bonds is 5. The van der Waals surface area contributed by atoms with Gasteiger partial charge in [0.1, 0.15) is 0 Å². The third kappa shape index (κ3) is 3.89. The average molecular weight is 379 g/mol. The third-order valence-electron chi connectivity index (χ3n) is 4.67. The van der Waals surface area contributed by atoms with Crippen LogP contribution in [0.2, 0.25) is 0 Å². The minimum atomic E-state index is -4.42. The number of aryl methyl sites for hydroxylation is 2. The highest BCUT2D eigenvalue weighted by Gasteiger charge is 2.33. The number of hydrogen-bond donors (Lipinski definition) is 0. The molecule has 8 heteroatoms. The Bertz CT molecular complexity index is 868. The second kappa shape index (κ2) is 7.17. The summed E-state index contributed by atoms with van der Waals surface area (Å²) in [6.45, 7) is 4.57. The number of carbonyl (C=O) groups is 1. The van der Waals surface area contributed by atoms with Crippen molar-refractivity contribution in [3.05, 3.63) is 52.5 Å². The van der Waals surface area contributed by atoms with Gasteiger partial charge in [0.05, 0.1) is 6.04 Å². The molecule has 2 aromatic rings. The van der Waals surface area contributed by atoms with E-state index in [0.717, 1.165) is 23.2 Å². The summed E-state index contributed by atoms with van der Waals surface area (Å²) in [6.07, 6.45) is -0.579. The van der Waals surface area contributed by atoms with Crippen molar-refractivity contribution in [3.63, 3.8) is 0 Å². The van der Waals surface area contributed by atoms with E-state index in [0.29, 0.717) is 17.7 Å². The summed E-state index contributed by atoms with van der Waals surface area (Å²) in [5.74, 6) is -0.138. The number of ether oxygens (including phenoxy) is 1. The van der Waals surface area contributed by atoms with E-state index in [-0.39, 0.29) is 17.8 Å². The number of halogens is 3. The van der Waals surface area contributed by atoms with Crippen LogP contribution in [0.1, 0.15) is 52.6 Å². The van der Waals surface area contributed by atoms with Crippen LogP contribution in [0.15, 0.2) is 24.5 Å². The molecule has 0 aliphatic carbocycles. The van der Waals surface area contributed by atoms with Crippen LogP contribution in [-0.2, 0) is 13.0 Å². The van der Waals surface area contributed by atoms with Gasteiger partial charge in [0.25, 0.3) is 5.91 Å². The quantitative estimate of drug-likeness (QED) is 0.788. The van der Waals surface area contributed by atoms with Gasteiger partial charge in [-0.25, -0.2) is 4.98 Å². The molecule has 0 N–H and O–H groups in total. The number of alkyl halides is 3. The van der Waals surface area contributed by atoms with E-state index in [1.807, 2.05) is 13.8 Å². The van der Waals surface area contributed by atoms with Crippen LogP contribution in [0.3, 0.4) is 0 Å². The Kier molecular flexibility index (Phi) is 5.08. The highest BCUT2D eigenvalue weighted by Crippen LogP contribution is 2.33. The average Bonchev–Trinajstić information content (AvgIpc) is 2.96. The predicted octanol–water partition coefficient (Wildman–Crippen LogP) is 4.01. The standard InChI is InChI=1S/C19H20F3N3O2/c1-4-16-15-9-25(18(26)14(15)5-6-23-16)12(3)13-7-11(2)17(24-8-13)27-10-19(20,21)22/h5-8,12H,4,9-10H2,1-3H3. The molecule has 1 unspecified atom stereocenters. The van der Waals surface area contributed by atoms with Gasteiger partial charge in [-0.1, -0.05) is 6.92 Å². The van der Waals surface area contributed by atoms with E-state index < -0.39 is 12.8 Å². The summed E-state index contributed by atoms with van der Waals surface area (Å²) in [6, 6.07) is 3.15. The molecule has 3 heterocycles. The van der Waals surface area contributed by atoms with Crippen molar-refractivity contribution in [2.24, 2.45) is 0 Å². The molecule has 0 saturated heterocycles. The molecular formula is C19H20F3N3O2. The summed E-state index contributed by atoms with van der Waals surface area (Å²) < 4.78 is 41.7. The molecule has 0 fully saturated rings. The summed E-state index contributed by atoms with van der Waals surface area (Å²) >= 11 is 0. The fourth-order valence-corrected chi connectivity index (χ4v) is 3.22. The molecule has 3 rings (SSSR count). The molecule has 5 nitrogen and oxygen atoms in total. The highest BCUT2D eigenvalue weighted by molar-refractivity contribution is 5.98. The minimum absolute atomic E-state index is 0.0585. The maximum atomic E-state index is 12.8. The molecule has 1 atom stereocenters. The Morgan fingerprint density at radius 1 is 1.33 bits per heavy atom. The van der Waals surface area contributed by atoms with Gasteiger partial charge in [0.2, 0.25) is 5.88 Å². The van der Waals surface area contributed by atoms with Gasteiger partial charge >= 0.3 is 6.18 Å². The molecule has 0 saturated carbocycles. The molecule has 1 aliphatic rings. The highest BCUT2D eigenvalue weighted by atomic mass is 19.4. The number of nitrogens with zero attached hydrogens (tertiary/aromatic N) is 3. The first-order chi connectivity index (χ1) is 12.7. The number of aromatic nitrogens is 2. The van der Waals surface area contributed by atoms with Crippen LogP contribution in [0.5, 0.6) is 5.88 Å². The topological polar surface area (TPSA) is 55.3 Å². The summed E-state index contributed by atoms with van der Waals surface area (Å²) in [5.41, 5.74) is 3.72. The van der Waals surface area contributed by atoms with Crippen molar-refractivity contribution in [2.45, 2.75) is 46.0 Å². The molecule has 0 bridgehead atoms. The van der Waals surface area contributed by atoms with Crippen LogP contribution in [0.25, 0.3) is 0 Å². The van der Waals surface area contributed by atoms with Crippen molar-refractivity contribution in [1.82, 2.24) is 14.9 Å². The lowest BCUT2D eigenvalue weighted by atomic mass is 10.1.